The van der Waals surface area contributed by atoms with Crippen molar-refractivity contribution in [1.82, 2.24) is 0 Å². The van der Waals surface area contributed by atoms with E-state index < -0.39 is 35.7 Å². The van der Waals surface area contributed by atoms with Crippen molar-refractivity contribution < 1.29 is 34.8 Å². The highest BCUT2D eigenvalue weighted by Gasteiger charge is 2.69. The zero-order valence-corrected chi connectivity index (χ0v) is 22.5. The fourth-order valence-electron chi connectivity index (χ4n) is 9.89. The first-order valence-corrected chi connectivity index (χ1v) is 14.3. The van der Waals surface area contributed by atoms with Gasteiger partial charge in [0, 0.05) is 30.6 Å². The third-order valence-corrected chi connectivity index (χ3v) is 12.0. The van der Waals surface area contributed by atoms with Gasteiger partial charge in [0.2, 0.25) is 0 Å². The Morgan fingerprint density at radius 1 is 0.889 bits per heavy atom. The summed E-state index contributed by atoms with van der Waals surface area (Å²) in [6.45, 7) is 10.7. The number of fused-ring (bicyclic) bond motifs is 5. The van der Waals surface area contributed by atoms with Crippen LogP contribution in [0.4, 0.5) is 0 Å². The molecule has 4 N–H and O–H groups in total. The first-order chi connectivity index (χ1) is 16.8. The first kappa shape index (κ1) is 26.6. The molecule has 0 aromatic carbocycles. The first-order valence-electron chi connectivity index (χ1n) is 14.3. The van der Waals surface area contributed by atoms with Crippen molar-refractivity contribution >= 4 is 11.8 Å². The molecule has 5 rings (SSSR count). The van der Waals surface area contributed by atoms with Crippen LogP contribution >= 0.6 is 0 Å². The highest BCUT2D eigenvalue weighted by atomic mass is 16.5. The maximum Gasteiger partial charge on any atom is 0.306 e. The maximum atomic E-state index is 13.7. The second-order valence-corrected chi connectivity index (χ2v) is 13.9. The molecule has 4 aliphatic carbocycles. The number of aliphatic hydroxyl groups excluding tert-OH is 4. The van der Waals surface area contributed by atoms with Gasteiger partial charge in [0.25, 0.3) is 0 Å². The van der Waals surface area contributed by atoms with Crippen molar-refractivity contribution in [2.45, 2.75) is 110 Å². The van der Waals surface area contributed by atoms with Gasteiger partial charge in [0.05, 0.1) is 24.4 Å². The van der Waals surface area contributed by atoms with Gasteiger partial charge in [0.1, 0.15) is 11.9 Å². The number of hydrogen-bond donors (Lipinski definition) is 4. The van der Waals surface area contributed by atoms with Gasteiger partial charge in [-0.15, -0.1) is 0 Å². The minimum Gasteiger partial charge on any atom is -0.462 e. The van der Waals surface area contributed by atoms with E-state index in [9.17, 15) is 30.0 Å². The molecule has 14 unspecified atom stereocenters. The standard InChI is InChI=1S/C29H46O7/c1-13(2)15-10-20(36-21(32)11-15)14(3)17-12-19(31)23-22-16(6-8-29(17,23)5)28(4)9-7-18(30)25(33)24(28)27(35)26(22)34/h13-18,20,22-27,30,33-35H,6-12H2,1-5H3. The van der Waals surface area contributed by atoms with Crippen molar-refractivity contribution in [3.63, 3.8) is 0 Å². The summed E-state index contributed by atoms with van der Waals surface area (Å²) in [7, 11) is 0. The van der Waals surface area contributed by atoms with E-state index in [2.05, 4.69) is 34.6 Å². The van der Waals surface area contributed by atoms with E-state index in [0.29, 0.717) is 31.6 Å². The van der Waals surface area contributed by atoms with Crippen LogP contribution in [0.15, 0.2) is 0 Å². The summed E-state index contributed by atoms with van der Waals surface area (Å²) in [6.07, 6.45) is -0.0305. The number of ether oxygens (including phenoxy) is 1. The molecule has 1 aliphatic heterocycles. The van der Waals surface area contributed by atoms with Crippen molar-refractivity contribution in [3.8, 4) is 0 Å². The lowest BCUT2D eigenvalue weighted by Gasteiger charge is -2.64. The van der Waals surface area contributed by atoms with Gasteiger partial charge in [-0.25, -0.2) is 0 Å². The van der Waals surface area contributed by atoms with Gasteiger partial charge in [-0.05, 0) is 72.5 Å². The van der Waals surface area contributed by atoms with Gasteiger partial charge in [-0.2, -0.15) is 0 Å². The Morgan fingerprint density at radius 3 is 2.22 bits per heavy atom. The Hall–Kier alpha value is -1.02. The van der Waals surface area contributed by atoms with E-state index in [1.165, 1.54) is 0 Å². The number of aliphatic hydroxyl groups is 4. The van der Waals surface area contributed by atoms with Gasteiger partial charge < -0.3 is 25.2 Å². The predicted octanol–water partition coefficient (Wildman–Crippen LogP) is 2.71. The fourth-order valence-corrected chi connectivity index (χ4v) is 9.89. The number of rotatable bonds is 3. The Bertz CT molecular complexity index is 889. The van der Waals surface area contributed by atoms with Crippen LogP contribution in [0, 0.1) is 58.2 Å². The van der Waals surface area contributed by atoms with Crippen molar-refractivity contribution in [3.05, 3.63) is 0 Å². The highest BCUT2D eigenvalue weighted by molar-refractivity contribution is 5.85. The van der Waals surface area contributed by atoms with Crippen LogP contribution in [0.1, 0.15) is 79.6 Å². The number of hydrogen-bond acceptors (Lipinski definition) is 7. The normalized spacial score (nSPS) is 53.9. The lowest BCUT2D eigenvalue weighted by atomic mass is 9.42. The molecular weight excluding hydrogens is 460 g/mol. The van der Waals surface area contributed by atoms with E-state index in [-0.39, 0.29) is 58.8 Å². The summed E-state index contributed by atoms with van der Waals surface area (Å²) in [6, 6.07) is 0. The van der Waals surface area contributed by atoms with Crippen LogP contribution in [0.2, 0.25) is 0 Å². The molecule has 1 heterocycles. The molecule has 1 saturated heterocycles. The zero-order chi connectivity index (χ0) is 26.3. The van der Waals surface area contributed by atoms with Crippen LogP contribution < -0.4 is 0 Å². The van der Waals surface area contributed by atoms with E-state index in [1.807, 2.05) is 0 Å². The van der Waals surface area contributed by atoms with E-state index in [0.717, 1.165) is 19.3 Å². The largest absolute Gasteiger partial charge is 0.462 e. The number of Topliss-reactive ketones (excluding diaryl/α,β-unsaturated/α-hetero) is 1. The smallest absolute Gasteiger partial charge is 0.306 e. The number of carbonyl (C=O) groups is 2. The molecule has 36 heavy (non-hydrogen) atoms. The number of ketones is 1. The molecule has 0 aromatic rings. The minimum absolute atomic E-state index is 0.00281. The molecule has 204 valence electrons. The third kappa shape index (κ3) is 3.74. The molecule has 4 saturated carbocycles. The second kappa shape index (κ2) is 9.03. The molecule has 5 aliphatic rings. The quantitative estimate of drug-likeness (QED) is 0.434. The van der Waals surface area contributed by atoms with Crippen molar-refractivity contribution in [2.75, 3.05) is 0 Å². The minimum atomic E-state index is -1.18. The van der Waals surface area contributed by atoms with Crippen molar-refractivity contribution in [2.24, 2.45) is 58.2 Å². The summed E-state index contributed by atoms with van der Waals surface area (Å²) in [5.74, 6) is -0.575. The Kier molecular flexibility index (Phi) is 6.67. The lowest BCUT2D eigenvalue weighted by molar-refractivity contribution is -0.250. The summed E-state index contributed by atoms with van der Waals surface area (Å²) >= 11 is 0. The second-order valence-electron chi connectivity index (χ2n) is 13.9. The number of esters is 1. The summed E-state index contributed by atoms with van der Waals surface area (Å²) in [5.41, 5.74) is -0.789. The van der Waals surface area contributed by atoms with Crippen LogP contribution in [0.5, 0.6) is 0 Å². The monoisotopic (exact) mass is 506 g/mol. The highest BCUT2D eigenvalue weighted by Crippen LogP contribution is 2.67. The SMILES string of the molecule is CC(C)C1CC(=O)OC(C(C)C2CC(=O)C3C4C(O)C(O)C5C(O)C(O)CCC5(C)C4CCC23C)C1. The number of carbonyl (C=O) groups excluding carboxylic acids is 2. The Balaban J connectivity index is 1.44. The van der Waals surface area contributed by atoms with Crippen LogP contribution in [-0.4, -0.2) is 62.7 Å². The lowest BCUT2D eigenvalue weighted by Crippen LogP contribution is -2.68. The van der Waals surface area contributed by atoms with E-state index in [1.54, 1.807) is 0 Å². The zero-order valence-electron chi connectivity index (χ0n) is 22.5. The van der Waals surface area contributed by atoms with Gasteiger partial charge in [0.15, 0.2) is 0 Å². The predicted molar refractivity (Wildman–Crippen MR) is 132 cm³/mol. The third-order valence-electron chi connectivity index (χ3n) is 12.0. The Labute approximate surface area is 215 Å². The summed E-state index contributed by atoms with van der Waals surface area (Å²) in [4.78, 5) is 26.2. The van der Waals surface area contributed by atoms with Crippen LogP contribution in [0.25, 0.3) is 0 Å². The maximum absolute atomic E-state index is 13.7. The molecule has 0 spiro atoms. The Morgan fingerprint density at radius 2 is 1.56 bits per heavy atom. The van der Waals surface area contributed by atoms with Crippen LogP contribution in [0.3, 0.4) is 0 Å². The molecule has 0 radical (unpaired) electrons. The van der Waals surface area contributed by atoms with E-state index in [4.69, 9.17) is 4.74 Å². The van der Waals surface area contributed by atoms with E-state index >= 15 is 0 Å². The van der Waals surface area contributed by atoms with Crippen molar-refractivity contribution in [1.29, 1.82) is 0 Å². The van der Waals surface area contributed by atoms with Crippen LogP contribution in [-0.2, 0) is 14.3 Å². The summed E-state index contributed by atoms with van der Waals surface area (Å²) < 4.78 is 5.86. The molecule has 7 heteroatoms. The average Bonchev–Trinajstić information content (AvgIpc) is 3.09. The molecule has 14 atom stereocenters. The average molecular weight is 507 g/mol. The molecule has 0 bridgehead atoms. The topological polar surface area (TPSA) is 124 Å². The number of cyclic esters (lactones) is 1. The summed E-state index contributed by atoms with van der Waals surface area (Å²) in [5, 5.41) is 43.8. The van der Waals surface area contributed by atoms with Gasteiger partial charge in [-0.3, -0.25) is 9.59 Å². The van der Waals surface area contributed by atoms with Gasteiger partial charge >= 0.3 is 5.97 Å². The van der Waals surface area contributed by atoms with Gasteiger partial charge in [-0.1, -0.05) is 34.6 Å². The fraction of sp³-hybridized carbons (Fsp3) is 0.931. The molecule has 5 fully saturated rings. The molecule has 0 amide bonds. The molecular formula is C29H46O7. The molecule has 7 nitrogen and oxygen atoms in total. The molecule has 0 aromatic heterocycles.